The van der Waals surface area contributed by atoms with Crippen molar-refractivity contribution in [3.05, 3.63) is 35.9 Å². The zero-order valence-electron chi connectivity index (χ0n) is 12.8. The van der Waals surface area contributed by atoms with Crippen molar-refractivity contribution in [1.29, 1.82) is 0 Å². The largest absolute Gasteiger partial charge is 0.387 e. The molecule has 1 aromatic rings. The summed E-state index contributed by atoms with van der Waals surface area (Å²) in [5.41, 5.74) is 0.498. The first-order valence-electron chi connectivity index (χ1n) is 7.62. The zero-order valence-corrected chi connectivity index (χ0v) is 13.7. The van der Waals surface area contributed by atoms with Crippen LogP contribution in [0.4, 0.5) is 0 Å². The summed E-state index contributed by atoms with van der Waals surface area (Å²) in [5.74, 6) is 2.36. The number of hydrogen-bond acceptors (Lipinski definition) is 3. The van der Waals surface area contributed by atoms with Crippen LogP contribution in [-0.2, 0) is 4.79 Å². The van der Waals surface area contributed by atoms with E-state index >= 15 is 0 Å². The van der Waals surface area contributed by atoms with Crippen LogP contribution < -0.4 is 5.32 Å². The van der Waals surface area contributed by atoms with Gasteiger partial charge in [0.1, 0.15) is 0 Å². The van der Waals surface area contributed by atoms with Gasteiger partial charge in [-0.25, -0.2) is 0 Å². The Morgan fingerprint density at radius 1 is 1.38 bits per heavy atom. The highest BCUT2D eigenvalue weighted by Gasteiger charge is 2.32. The molecular weight excluding hydrogens is 282 g/mol. The van der Waals surface area contributed by atoms with Crippen molar-refractivity contribution >= 4 is 17.7 Å². The third-order valence-corrected chi connectivity index (χ3v) is 5.37. The molecule has 0 saturated carbocycles. The van der Waals surface area contributed by atoms with E-state index in [9.17, 15) is 9.90 Å². The number of nitrogens with one attached hydrogen (secondary N) is 1. The van der Waals surface area contributed by atoms with Gasteiger partial charge in [-0.15, -0.1) is 0 Å². The maximum absolute atomic E-state index is 12.2. The predicted molar refractivity (Wildman–Crippen MR) is 88.5 cm³/mol. The van der Waals surface area contributed by atoms with Gasteiger partial charge in [-0.2, -0.15) is 11.8 Å². The maximum Gasteiger partial charge on any atom is 0.220 e. The lowest BCUT2D eigenvalue weighted by molar-refractivity contribution is -0.122. The zero-order chi connectivity index (χ0) is 15.3. The van der Waals surface area contributed by atoms with Crippen molar-refractivity contribution < 1.29 is 9.90 Å². The fourth-order valence-electron chi connectivity index (χ4n) is 2.71. The normalized spacial score (nSPS) is 23.2. The highest BCUT2D eigenvalue weighted by atomic mass is 32.2. The molecule has 4 heteroatoms. The van der Waals surface area contributed by atoms with Crippen LogP contribution in [0.2, 0.25) is 0 Å². The molecule has 1 aliphatic heterocycles. The van der Waals surface area contributed by atoms with Crippen LogP contribution in [0.3, 0.4) is 0 Å². The number of aliphatic hydroxyl groups is 1. The average Bonchev–Trinajstić information content (AvgIpc) is 2.90. The lowest BCUT2D eigenvalue weighted by Gasteiger charge is -2.24. The molecule has 1 aromatic carbocycles. The smallest absolute Gasteiger partial charge is 0.220 e. The highest BCUT2D eigenvalue weighted by Crippen LogP contribution is 2.29. The molecule has 0 aliphatic carbocycles. The van der Waals surface area contributed by atoms with E-state index in [-0.39, 0.29) is 11.8 Å². The van der Waals surface area contributed by atoms with Gasteiger partial charge in [0.15, 0.2) is 0 Å². The van der Waals surface area contributed by atoms with Crippen LogP contribution in [-0.4, -0.2) is 34.7 Å². The third kappa shape index (κ3) is 4.75. The van der Waals surface area contributed by atoms with Crippen molar-refractivity contribution in [2.24, 2.45) is 5.92 Å². The fraction of sp³-hybridized carbons (Fsp3) is 0.588. The van der Waals surface area contributed by atoms with E-state index in [1.807, 2.05) is 18.2 Å². The van der Waals surface area contributed by atoms with Gasteiger partial charge < -0.3 is 10.4 Å². The second-order valence-electron chi connectivity index (χ2n) is 6.27. The van der Waals surface area contributed by atoms with Gasteiger partial charge in [-0.1, -0.05) is 44.2 Å². The molecule has 0 bridgehead atoms. The van der Waals surface area contributed by atoms with Gasteiger partial charge in [0.2, 0.25) is 5.91 Å². The quantitative estimate of drug-likeness (QED) is 0.849. The average molecular weight is 307 g/mol. The minimum absolute atomic E-state index is 0.0304. The Bertz CT molecular complexity index is 455. The van der Waals surface area contributed by atoms with Gasteiger partial charge in [-0.05, 0) is 29.6 Å². The topological polar surface area (TPSA) is 49.3 Å². The number of rotatable bonds is 6. The highest BCUT2D eigenvalue weighted by molar-refractivity contribution is 7.99. The number of benzene rings is 1. The number of carbonyl (C=O) groups is 1. The Morgan fingerprint density at radius 3 is 2.67 bits per heavy atom. The minimum Gasteiger partial charge on any atom is -0.387 e. The maximum atomic E-state index is 12.2. The van der Waals surface area contributed by atoms with Crippen molar-refractivity contribution in [3.63, 3.8) is 0 Å². The predicted octanol–water partition coefficient (Wildman–Crippen LogP) is 2.80. The molecule has 2 rings (SSSR count). The molecule has 2 unspecified atom stereocenters. The molecule has 116 valence electrons. The molecule has 1 aliphatic rings. The molecule has 1 amide bonds. The molecule has 2 atom stereocenters. The lowest BCUT2D eigenvalue weighted by Crippen LogP contribution is -2.43. The van der Waals surface area contributed by atoms with E-state index in [0.29, 0.717) is 18.9 Å². The summed E-state index contributed by atoms with van der Waals surface area (Å²) in [7, 11) is 0. The molecule has 21 heavy (non-hydrogen) atoms. The molecule has 0 aromatic heterocycles. The summed E-state index contributed by atoms with van der Waals surface area (Å²) in [6.45, 7) is 4.66. The summed E-state index contributed by atoms with van der Waals surface area (Å²) in [6, 6.07) is 10.2. The second-order valence-corrected chi connectivity index (χ2v) is 7.37. The van der Waals surface area contributed by atoms with E-state index < -0.39 is 5.60 Å². The fourth-order valence-corrected chi connectivity index (χ4v) is 4.00. The van der Waals surface area contributed by atoms with Gasteiger partial charge in [-0.3, -0.25) is 4.79 Å². The molecular formula is C17H25NO2S. The first-order chi connectivity index (χ1) is 10.0. The second kappa shape index (κ2) is 7.32. The standard InChI is InChI=1S/C17H25NO2S/c1-13(2)15(14-6-4-3-5-7-14)10-16(19)18-11-17(20)8-9-21-12-17/h3-7,13,15,20H,8-12H2,1-2H3,(H,18,19). The van der Waals surface area contributed by atoms with Crippen molar-refractivity contribution in [2.45, 2.75) is 38.2 Å². The van der Waals surface area contributed by atoms with E-state index in [1.165, 1.54) is 5.56 Å². The molecule has 0 radical (unpaired) electrons. The summed E-state index contributed by atoms with van der Waals surface area (Å²) < 4.78 is 0. The number of hydrogen-bond donors (Lipinski definition) is 2. The van der Waals surface area contributed by atoms with Crippen LogP contribution in [0, 0.1) is 5.92 Å². The lowest BCUT2D eigenvalue weighted by atomic mass is 9.85. The van der Waals surface area contributed by atoms with Crippen molar-refractivity contribution in [3.8, 4) is 0 Å². The van der Waals surface area contributed by atoms with Crippen LogP contribution in [0.5, 0.6) is 0 Å². The van der Waals surface area contributed by atoms with Crippen LogP contribution in [0.1, 0.15) is 38.2 Å². The van der Waals surface area contributed by atoms with E-state index in [0.717, 1.165) is 17.9 Å². The van der Waals surface area contributed by atoms with Gasteiger partial charge >= 0.3 is 0 Å². The van der Waals surface area contributed by atoms with Crippen LogP contribution in [0.25, 0.3) is 0 Å². The molecule has 3 nitrogen and oxygen atoms in total. The van der Waals surface area contributed by atoms with Crippen molar-refractivity contribution in [2.75, 3.05) is 18.1 Å². The summed E-state index contributed by atoms with van der Waals surface area (Å²) in [4.78, 5) is 12.2. The van der Waals surface area contributed by atoms with E-state index in [1.54, 1.807) is 11.8 Å². The SMILES string of the molecule is CC(C)C(CC(=O)NCC1(O)CCSC1)c1ccccc1. The molecule has 0 spiro atoms. The van der Waals surface area contributed by atoms with Gasteiger partial charge in [0, 0.05) is 18.7 Å². The Balaban J connectivity index is 1.90. The van der Waals surface area contributed by atoms with Crippen LogP contribution >= 0.6 is 11.8 Å². The third-order valence-electron chi connectivity index (χ3n) is 4.13. The molecule has 2 N–H and O–H groups in total. The first-order valence-corrected chi connectivity index (χ1v) is 8.77. The first kappa shape index (κ1) is 16.4. The van der Waals surface area contributed by atoms with Crippen LogP contribution in [0.15, 0.2) is 30.3 Å². The Morgan fingerprint density at radius 2 is 2.10 bits per heavy atom. The number of thioether (sulfide) groups is 1. The Labute approximate surface area is 131 Å². The molecule has 1 fully saturated rings. The molecule has 1 saturated heterocycles. The number of amides is 1. The Hall–Kier alpha value is -1.00. The summed E-state index contributed by atoms with van der Waals surface area (Å²) >= 11 is 1.75. The summed E-state index contributed by atoms with van der Waals surface area (Å²) in [6.07, 6.45) is 1.25. The summed E-state index contributed by atoms with van der Waals surface area (Å²) in [5, 5.41) is 13.2. The van der Waals surface area contributed by atoms with Crippen molar-refractivity contribution in [1.82, 2.24) is 5.32 Å². The van der Waals surface area contributed by atoms with E-state index in [2.05, 4.69) is 31.3 Å². The Kier molecular flexibility index (Phi) is 5.71. The monoisotopic (exact) mass is 307 g/mol. The van der Waals surface area contributed by atoms with Gasteiger partial charge in [0.25, 0.3) is 0 Å². The van der Waals surface area contributed by atoms with E-state index in [4.69, 9.17) is 0 Å². The van der Waals surface area contributed by atoms with Gasteiger partial charge in [0.05, 0.1) is 5.60 Å². The number of carbonyl (C=O) groups excluding carboxylic acids is 1. The molecule has 1 heterocycles. The minimum atomic E-state index is -0.708.